The Labute approximate surface area is 155 Å². The zero-order valence-corrected chi connectivity index (χ0v) is 14.8. The normalized spacial score (nSPS) is 17.4. The Morgan fingerprint density at radius 1 is 1.20 bits per heavy atom. The molecule has 3 rings (SSSR count). The number of hydrogen-bond acceptors (Lipinski definition) is 3. The van der Waals surface area contributed by atoms with E-state index in [9.17, 15) is 4.79 Å². The highest BCUT2D eigenvalue weighted by Crippen LogP contribution is 2.27. The molecule has 2 aromatic carbocycles. The van der Waals surface area contributed by atoms with Crippen LogP contribution in [0.15, 0.2) is 42.5 Å². The predicted molar refractivity (Wildman–Crippen MR) is 95.5 cm³/mol. The van der Waals surface area contributed by atoms with E-state index >= 15 is 0 Å². The molecule has 1 amide bonds. The van der Waals surface area contributed by atoms with Crippen LogP contribution in [0, 0.1) is 0 Å². The third-order valence-electron chi connectivity index (χ3n) is 4.03. The second-order valence-corrected chi connectivity index (χ2v) is 6.46. The third kappa shape index (κ3) is 4.37. The second kappa shape index (κ2) is 7.95. The number of carbonyl (C=O) groups is 1. The van der Waals surface area contributed by atoms with Gasteiger partial charge in [0.15, 0.2) is 0 Å². The van der Waals surface area contributed by atoms with Crippen molar-refractivity contribution in [3.8, 4) is 5.75 Å². The Morgan fingerprint density at radius 3 is 2.52 bits per heavy atom. The van der Waals surface area contributed by atoms with Crippen molar-refractivity contribution < 1.29 is 19.4 Å². The zero-order chi connectivity index (χ0) is 17.8. The lowest BCUT2D eigenvalue weighted by Crippen LogP contribution is -2.41. The Kier molecular flexibility index (Phi) is 5.68. The van der Waals surface area contributed by atoms with E-state index in [0.717, 1.165) is 11.1 Å². The van der Waals surface area contributed by atoms with Crippen molar-refractivity contribution in [3.63, 3.8) is 0 Å². The number of halogens is 2. The first-order valence-corrected chi connectivity index (χ1v) is 8.55. The molecule has 1 aliphatic heterocycles. The highest BCUT2D eigenvalue weighted by molar-refractivity contribution is 6.35. The van der Waals surface area contributed by atoms with Crippen molar-refractivity contribution >= 4 is 29.3 Å². The summed E-state index contributed by atoms with van der Waals surface area (Å²) in [6.45, 7) is 1.38. The molecule has 1 heterocycles. The Bertz CT molecular complexity index is 731. The Morgan fingerprint density at radius 2 is 1.88 bits per heavy atom. The van der Waals surface area contributed by atoms with E-state index in [0.29, 0.717) is 35.5 Å². The van der Waals surface area contributed by atoms with Crippen LogP contribution in [-0.4, -0.2) is 35.8 Å². The summed E-state index contributed by atoms with van der Waals surface area (Å²) in [6, 6.07) is 12.7. The summed E-state index contributed by atoms with van der Waals surface area (Å²) in [7, 11) is 0. The van der Waals surface area contributed by atoms with Crippen LogP contribution in [0.1, 0.15) is 17.2 Å². The molecule has 1 fully saturated rings. The summed E-state index contributed by atoms with van der Waals surface area (Å²) in [5, 5.41) is 10.2. The van der Waals surface area contributed by atoms with Gasteiger partial charge in [0.05, 0.1) is 13.2 Å². The molecule has 25 heavy (non-hydrogen) atoms. The summed E-state index contributed by atoms with van der Waals surface area (Å²) in [6.07, 6.45) is -1.19. The van der Waals surface area contributed by atoms with Crippen molar-refractivity contribution in [1.29, 1.82) is 0 Å². The number of amides is 1. The van der Waals surface area contributed by atoms with Crippen LogP contribution in [0.3, 0.4) is 0 Å². The molecule has 0 aromatic heterocycles. The largest absolute Gasteiger partial charge is 0.489 e. The van der Waals surface area contributed by atoms with Crippen molar-refractivity contribution in [3.05, 3.63) is 63.6 Å². The van der Waals surface area contributed by atoms with Gasteiger partial charge in [-0.15, -0.1) is 0 Å². The van der Waals surface area contributed by atoms with E-state index in [1.54, 1.807) is 18.2 Å². The molecular weight excluding hydrogens is 365 g/mol. The average molecular weight is 382 g/mol. The zero-order valence-electron chi connectivity index (χ0n) is 13.3. The van der Waals surface area contributed by atoms with Gasteiger partial charge in [-0.25, -0.2) is 4.79 Å². The molecule has 132 valence electrons. The maximum absolute atomic E-state index is 11.1. The first-order valence-electron chi connectivity index (χ1n) is 7.79. The van der Waals surface area contributed by atoms with E-state index in [1.165, 1.54) is 4.90 Å². The molecule has 0 radical (unpaired) electrons. The van der Waals surface area contributed by atoms with Gasteiger partial charge in [-0.05, 0) is 29.8 Å². The third-order valence-corrected chi connectivity index (χ3v) is 4.74. The minimum atomic E-state index is -0.926. The van der Waals surface area contributed by atoms with E-state index < -0.39 is 6.09 Å². The maximum Gasteiger partial charge on any atom is 0.407 e. The molecule has 0 aliphatic carbocycles. The Balaban J connectivity index is 1.63. The van der Waals surface area contributed by atoms with E-state index in [4.69, 9.17) is 37.8 Å². The van der Waals surface area contributed by atoms with Crippen LogP contribution in [0.4, 0.5) is 4.79 Å². The maximum atomic E-state index is 11.1. The number of benzene rings is 2. The van der Waals surface area contributed by atoms with E-state index in [-0.39, 0.29) is 12.7 Å². The average Bonchev–Trinajstić information content (AvgIpc) is 2.62. The minimum Gasteiger partial charge on any atom is -0.489 e. The van der Waals surface area contributed by atoms with Gasteiger partial charge in [0.25, 0.3) is 0 Å². The standard InChI is InChI=1S/C18H17Cl2NO4/c19-15-2-1-3-16(20)14(15)11-25-13-6-4-12(5-7-13)17-10-21(18(22)23)8-9-24-17/h1-7,17H,8-11H2,(H,22,23). The van der Waals surface area contributed by atoms with Crippen molar-refractivity contribution in [2.45, 2.75) is 12.7 Å². The molecular formula is C18H17Cl2NO4. The number of carboxylic acid groups (broad SMARTS) is 1. The Hall–Kier alpha value is -1.95. The minimum absolute atomic E-state index is 0.267. The van der Waals surface area contributed by atoms with Crippen LogP contribution >= 0.6 is 23.2 Å². The van der Waals surface area contributed by atoms with Gasteiger partial charge >= 0.3 is 6.09 Å². The molecule has 0 spiro atoms. The quantitative estimate of drug-likeness (QED) is 0.838. The molecule has 1 aliphatic rings. The molecule has 1 unspecified atom stereocenters. The highest BCUT2D eigenvalue weighted by atomic mass is 35.5. The summed E-state index contributed by atoms with van der Waals surface area (Å²) in [5.41, 5.74) is 1.65. The lowest BCUT2D eigenvalue weighted by Gasteiger charge is -2.31. The smallest absolute Gasteiger partial charge is 0.407 e. The molecule has 2 aromatic rings. The molecule has 0 bridgehead atoms. The second-order valence-electron chi connectivity index (χ2n) is 5.65. The number of morpholine rings is 1. The topological polar surface area (TPSA) is 59.0 Å². The number of hydrogen-bond donors (Lipinski definition) is 1. The van der Waals surface area contributed by atoms with Gasteiger partial charge < -0.3 is 19.5 Å². The van der Waals surface area contributed by atoms with Crippen LogP contribution in [-0.2, 0) is 11.3 Å². The van der Waals surface area contributed by atoms with Crippen LogP contribution in [0.25, 0.3) is 0 Å². The highest BCUT2D eigenvalue weighted by Gasteiger charge is 2.24. The number of nitrogens with zero attached hydrogens (tertiary/aromatic N) is 1. The predicted octanol–water partition coefficient (Wildman–Crippen LogP) is 4.62. The number of rotatable bonds is 4. The van der Waals surface area contributed by atoms with Crippen molar-refractivity contribution in [2.24, 2.45) is 0 Å². The molecule has 5 nitrogen and oxygen atoms in total. The van der Waals surface area contributed by atoms with Gasteiger partial charge in [-0.1, -0.05) is 41.4 Å². The lowest BCUT2D eigenvalue weighted by molar-refractivity contribution is -0.0232. The lowest BCUT2D eigenvalue weighted by atomic mass is 10.1. The van der Waals surface area contributed by atoms with Crippen molar-refractivity contribution in [1.82, 2.24) is 4.90 Å². The number of ether oxygens (including phenoxy) is 2. The molecule has 1 saturated heterocycles. The van der Waals surface area contributed by atoms with Crippen molar-refractivity contribution in [2.75, 3.05) is 19.7 Å². The van der Waals surface area contributed by atoms with Gasteiger partial charge in [0.2, 0.25) is 0 Å². The summed E-state index contributed by atoms with van der Waals surface area (Å²) < 4.78 is 11.4. The molecule has 0 saturated carbocycles. The first-order chi connectivity index (χ1) is 12.0. The van der Waals surface area contributed by atoms with Crippen LogP contribution in [0.2, 0.25) is 10.0 Å². The first kappa shape index (κ1) is 17.9. The van der Waals surface area contributed by atoms with E-state index in [2.05, 4.69) is 0 Å². The van der Waals surface area contributed by atoms with Gasteiger partial charge in [-0.3, -0.25) is 0 Å². The monoisotopic (exact) mass is 381 g/mol. The summed E-state index contributed by atoms with van der Waals surface area (Å²) in [4.78, 5) is 12.4. The van der Waals surface area contributed by atoms with Gasteiger partial charge in [0, 0.05) is 22.2 Å². The fraction of sp³-hybridized carbons (Fsp3) is 0.278. The fourth-order valence-corrected chi connectivity index (χ4v) is 3.14. The van der Waals surface area contributed by atoms with Gasteiger partial charge in [0.1, 0.15) is 18.5 Å². The molecule has 1 N–H and O–H groups in total. The van der Waals surface area contributed by atoms with Crippen LogP contribution in [0.5, 0.6) is 5.75 Å². The SMILES string of the molecule is O=C(O)N1CCOC(c2ccc(OCc3c(Cl)cccc3Cl)cc2)C1. The molecule has 7 heteroatoms. The molecule has 1 atom stereocenters. The summed E-state index contributed by atoms with van der Waals surface area (Å²) >= 11 is 12.3. The van der Waals surface area contributed by atoms with Gasteiger partial charge in [-0.2, -0.15) is 0 Å². The van der Waals surface area contributed by atoms with Crippen LogP contribution < -0.4 is 4.74 Å². The summed E-state index contributed by atoms with van der Waals surface area (Å²) in [5.74, 6) is 0.672. The fourth-order valence-electron chi connectivity index (χ4n) is 2.63. The van der Waals surface area contributed by atoms with E-state index in [1.807, 2.05) is 24.3 Å².